The zero-order valence-electron chi connectivity index (χ0n) is 14.0. The van der Waals surface area contributed by atoms with Gasteiger partial charge in [-0.2, -0.15) is 0 Å². The Morgan fingerprint density at radius 1 is 1.27 bits per heavy atom. The van der Waals surface area contributed by atoms with Crippen molar-refractivity contribution in [3.8, 4) is 5.75 Å². The fraction of sp³-hybridized carbons (Fsp3) is 0.158. The molecule has 0 radical (unpaired) electrons. The maximum Gasteiger partial charge on any atom is 0.264 e. The number of amides is 1. The molecule has 0 spiro atoms. The number of nitrogens with one attached hydrogen (secondary N) is 1. The van der Waals surface area contributed by atoms with Gasteiger partial charge in [0.05, 0.1) is 32.9 Å². The summed E-state index contributed by atoms with van der Waals surface area (Å²) >= 11 is 1.28. The molecule has 7 heteroatoms. The molecule has 2 aromatic rings. The predicted octanol–water partition coefficient (Wildman–Crippen LogP) is 3.25. The number of aliphatic imine (C=N–C) groups is 1. The molecule has 0 unspecified atom stereocenters. The van der Waals surface area contributed by atoms with Gasteiger partial charge in [-0.25, -0.2) is 4.99 Å². The van der Waals surface area contributed by atoms with Crippen LogP contribution >= 0.6 is 11.8 Å². The molecule has 0 saturated carbocycles. The molecule has 0 aromatic heterocycles. The zero-order valence-corrected chi connectivity index (χ0v) is 15.7. The largest absolute Gasteiger partial charge is 0.493 e. The Morgan fingerprint density at radius 3 is 2.96 bits per heavy atom. The average molecular weight is 384 g/mol. The number of hydrogen-bond donors (Lipinski definition) is 1. The molecule has 2 aromatic carbocycles. The van der Waals surface area contributed by atoms with Crippen LogP contribution in [-0.2, 0) is 22.0 Å². The summed E-state index contributed by atoms with van der Waals surface area (Å²) in [7, 11) is -1.15. The van der Waals surface area contributed by atoms with Crippen molar-refractivity contribution in [3.05, 3.63) is 58.5 Å². The molecule has 0 aliphatic carbocycles. The number of amidine groups is 1. The molecule has 26 heavy (non-hydrogen) atoms. The fourth-order valence-electron chi connectivity index (χ4n) is 2.83. The van der Waals surface area contributed by atoms with Crippen LogP contribution in [0.25, 0.3) is 6.08 Å². The van der Waals surface area contributed by atoms with Gasteiger partial charge in [0, 0.05) is 12.7 Å². The van der Waals surface area contributed by atoms with Crippen molar-refractivity contribution < 1.29 is 13.7 Å². The first-order valence-corrected chi connectivity index (χ1v) is 10.5. The number of para-hydroxylation sites is 1. The predicted molar refractivity (Wildman–Crippen MR) is 105 cm³/mol. The summed E-state index contributed by atoms with van der Waals surface area (Å²) in [5.74, 6) is 0.739. The van der Waals surface area contributed by atoms with E-state index in [-0.39, 0.29) is 5.91 Å². The highest BCUT2D eigenvalue weighted by molar-refractivity contribution is 8.18. The van der Waals surface area contributed by atoms with Crippen molar-refractivity contribution in [3.63, 3.8) is 0 Å². The number of hydrogen-bond acceptors (Lipinski definition) is 5. The van der Waals surface area contributed by atoms with Gasteiger partial charge in [0.2, 0.25) is 0 Å². The van der Waals surface area contributed by atoms with Gasteiger partial charge in [-0.1, -0.05) is 18.2 Å². The van der Waals surface area contributed by atoms with Gasteiger partial charge in [-0.15, -0.1) is 0 Å². The van der Waals surface area contributed by atoms with Crippen molar-refractivity contribution in [1.82, 2.24) is 5.32 Å². The number of thioether (sulfide) groups is 1. The van der Waals surface area contributed by atoms with Crippen LogP contribution in [0.2, 0.25) is 0 Å². The Labute approximate surface area is 158 Å². The summed E-state index contributed by atoms with van der Waals surface area (Å²) in [5, 5.41) is 3.26. The minimum absolute atomic E-state index is 0.180. The average Bonchev–Trinajstić information content (AvgIpc) is 3.21. The van der Waals surface area contributed by atoms with E-state index in [9.17, 15) is 9.00 Å². The smallest absolute Gasteiger partial charge is 0.264 e. The van der Waals surface area contributed by atoms with E-state index in [1.54, 1.807) is 18.4 Å². The molecular weight excluding hydrogens is 368 g/mol. The van der Waals surface area contributed by atoms with Crippen LogP contribution in [0.3, 0.4) is 0 Å². The Kier molecular flexibility index (Phi) is 4.65. The first-order chi connectivity index (χ1) is 12.6. The van der Waals surface area contributed by atoms with E-state index < -0.39 is 10.8 Å². The highest BCUT2D eigenvalue weighted by Crippen LogP contribution is 2.32. The highest BCUT2D eigenvalue weighted by atomic mass is 32.2. The lowest BCUT2D eigenvalue weighted by atomic mass is 10.1. The summed E-state index contributed by atoms with van der Waals surface area (Å²) in [6.07, 6.45) is 4.36. The zero-order chi connectivity index (χ0) is 18.1. The lowest BCUT2D eigenvalue weighted by Crippen LogP contribution is -2.19. The van der Waals surface area contributed by atoms with E-state index in [0.29, 0.717) is 27.3 Å². The second-order valence-electron chi connectivity index (χ2n) is 5.87. The fourth-order valence-corrected chi connectivity index (χ4v) is 4.34. The van der Waals surface area contributed by atoms with E-state index in [0.717, 1.165) is 23.3 Å². The Hall–Kier alpha value is -2.38. The molecule has 1 N–H and O–H groups in total. The maximum absolute atomic E-state index is 12.3. The van der Waals surface area contributed by atoms with Gasteiger partial charge in [-0.3, -0.25) is 9.00 Å². The van der Waals surface area contributed by atoms with Crippen LogP contribution in [0.1, 0.15) is 11.1 Å². The minimum atomic E-state index is -1.15. The van der Waals surface area contributed by atoms with Gasteiger partial charge in [0.25, 0.3) is 5.91 Å². The molecular formula is C19H16N2O3S2. The summed E-state index contributed by atoms with van der Waals surface area (Å²) in [4.78, 5) is 18.0. The van der Waals surface area contributed by atoms with E-state index in [2.05, 4.69) is 10.3 Å². The molecule has 4 rings (SSSR count). The molecule has 132 valence electrons. The van der Waals surface area contributed by atoms with E-state index >= 15 is 0 Å². The van der Waals surface area contributed by atoms with Crippen molar-refractivity contribution in [1.29, 1.82) is 0 Å². The Bertz CT molecular complexity index is 982. The van der Waals surface area contributed by atoms with E-state index in [4.69, 9.17) is 4.74 Å². The summed E-state index contributed by atoms with van der Waals surface area (Å²) in [6, 6.07) is 13.2. The topological polar surface area (TPSA) is 67.8 Å². The SMILES string of the molecule is C[S@@](=O)c1ccccc1N=C1NC(=O)/C(=C\c2ccc3c(c2)CCO3)S1. The van der Waals surface area contributed by atoms with Crippen molar-refractivity contribution >= 4 is 45.4 Å². The maximum atomic E-state index is 12.3. The molecule has 2 aliphatic heterocycles. The monoisotopic (exact) mass is 384 g/mol. The number of fused-ring (bicyclic) bond motifs is 1. The third-order valence-corrected chi connectivity index (χ3v) is 5.93. The second kappa shape index (κ2) is 7.09. The molecule has 1 amide bonds. The van der Waals surface area contributed by atoms with E-state index in [1.165, 1.54) is 11.8 Å². The number of benzene rings is 2. The van der Waals surface area contributed by atoms with Crippen LogP contribution in [0.4, 0.5) is 5.69 Å². The van der Waals surface area contributed by atoms with Crippen molar-refractivity contribution in [2.75, 3.05) is 12.9 Å². The molecule has 1 fully saturated rings. The minimum Gasteiger partial charge on any atom is -0.493 e. The third kappa shape index (κ3) is 3.45. The van der Waals surface area contributed by atoms with Crippen LogP contribution in [-0.4, -0.2) is 28.1 Å². The number of ether oxygens (including phenoxy) is 1. The summed E-state index contributed by atoms with van der Waals surface area (Å²) in [5.41, 5.74) is 2.73. The number of nitrogens with zero attached hydrogens (tertiary/aromatic N) is 1. The van der Waals surface area contributed by atoms with Gasteiger partial charge >= 0.3 is 0 Å². The molecule has 2 aliphatic rings. The van der Waals surface area contributed by atoms with Crippen LogP contribution < -0.4 is 10.1 Å². The van der Waals surface area contributed by atoms with Crippen LogP contribution in [0.5, 0.6) is 5.75 Å². The molecule has 2 heterocycles. The molecule has 1 saturated heterocycles. The summed E-state index contributed by atoms with van der Waals surface area (Å²) in [6.45, 7) is 0.708. The molecule has 5 nitrogen and oxygen atoms in total. The standard InChI is InChI=1S/C19H16N2O3S2/c1-26(23)17-5-3-2-4-14(17)20-19-21-18(22)16(25-19)11-12-6-7-15-13(10-12)8-9-24-15/h2-7,10-11H,8-9H2,1H3,(H,20,21,22)/b16-11+/t26-/m1/s1. The quantitative estimate of drug-likeness (QED) is 0.825. The normalized spacial score (nSPS) is 20.1. The first-order valence-electron chi connectivity index (χ1n) is 8.08. The Morgan fingerprint density at radius 2 is 2.12 bits per heavy atom. The molecule has 0 bridgehead atoms. The third-order valence-electron chi connectivity index (χ3n) is 4.06. The van der Waals surface area contributed by atoms with E-state index in [1.807, 2.05) is 36.4 Å². The first kappa shape index (κ1) is 17.1. The van der Waals surface area contributed by atoms with Gasteiger partial charge in [0.1, 0.15) is 5.75 Å². The highest BCUT2D eigenvalue weighted by Gasteiger charge is 2.24. The van der Waals surface area contributed by atoms with Crippen molar-refractivity contribution in [2.45, 2.75) is 11.3 Å². The number of carbonyl (C=O) groups excluding carboxylic acids is 1. The number of carbonyl (C=O) groups is 1. The second-order valence-corrected chi connectivity index (χ2v) is 8.25. The lowest BCUT2D eigenvalue weighted by Gasteiger charge is -2.02. The summed E-state index contributed by atoms with van der Waals surface area (Å²) < 4.78 is 17.3. The number of rotatable bonds is 3. The van der Waals surface area contributed by atoms with Gasteiger partial charge in [0.15, 0.2) is 5.17 Å². The van der Waals surface area contributed by atoms with Crippen LogP contribution in [0.15, 0.2) is 57.3 Å². The Balaban J connectivity index is 1.60. The molecule has 1 atom stereocenters. The van der Waals surface area contributed by atoms with Crippen molar-refractivity contribution in [2.24, 2.45) is 4.99 Å². The van der Waals surface area contributed by atoms with Crippen LogP contribution in [0, 0.1) is 0 Å². The van der Waals surface area contributed by atoms with Gasteiger partial charge in [-0.05, 0) is 53.2 Å². The lowest BCUT2D eigenvalue weighted by molar-refractivity contribution is -0.115. The van der Waals surface area contributed by atoms with Gasteiger partial charge < -0.3 is 10.1 Å².